The van der Waals surface area contributed by atoms with Gasteiger partial charge >= 0.3 is 0 Å². The molecule has 114 valence electrons. The first-order valence-corrected chi connectivity index (χ1v) is 8.10. The molecule has 0 saturated carbocycles. The van der Waals surface area contributed by atoms with Gasteiger partial charge in [-0.1, -0.05) is 44.2 Å². The minimum absolute atomic E-state index is 0.141. The highest BCUT2D eigenvalue weighted by Gasteiger charge is 2.03. The highest BCUT2D eigenvalue weighted by atomic mass is 79.9. The summed E-state index contributed by atoms with van der Waals surface area (Å²) >= 11 is 3.45. The second-order valence-electron chi connectivity index (χ2n) is 5.63. The second-order valence-corrected chi connectivity index (χ2v) is 6.48. The number of anilines is 1. The molecule has 0 aliphatic carbocycles. The van der Waals surface area contributed by atoms with Crippen molar-refractivity contribution in [1.29, 1.82) is 0 Å². The molecule has 0 heterocycles. The summed E-state index contributed by atoms with van der Waals surface area (Å²) in [6.07, 6.45) is 3.37. The van der Waals surface area contributed by atoms with Crippen LogP contribution < -0.4 is 5.32 Å². The van der Waals surface area contributed by atoms with Crippen molar-refractivity contribution < 1.29 is 4.79 Å². The predicted octanol–water partition coefficient (Wildman–Crippen LogP) is 5.53. The summed E-state index contributed by atoms with van der Waals surface area (Å²) in [6.45, 7) is 6.34. The minimum atomic E-state index is -0.141. The third-order valence-electron chi connectivity index (χ3n) is 3.41. The Balaban J connectivity index is 2.01. The average molecular weight is 358 g/mol. The normalized spacial score (nSPS) is 11.1. The summed E-state index contributed by atoms with van der Waals surface area (Å²) in [6, 6.07) is 14.1. The Hall–Kier alpha value is -1.87. The predicted molar refractivity (Wildman–Crippen MR) is 97.1 cm³/mol. The van der Waals surface area contributed by atoms with Crippen LogP contribution in [0.5, 0.6) is 0 Å². The largest absolute Gasteiger partial charge is 0.321 e. The Morgan fingerprint density at radius 2 is 1.82 bits per heavy atom. The number of hydrogen-bond donors (Lipinski definition) is 1. The van der Waals surface area contributed by atoms with E-state index in [1.54, 1.807) is 6.08 Å². The van der Waals surface area contributed by atoms with Gasteiger partial charge in [-0.25, -0.2) is 0 Å². The van der Waals surface area contributed by atoms with Gasteiger partial charge in [0.2, 0.25) is 5.91 Å². The molecular formula is C19H20BrNO. The monoisotopic (exact) mass is 357 g/mol. The number of amides is 1. The van der Waals surface area contributed by atoms with Crippen LogP contribution in [0.25, 0.3) is 6.08 Å². The highest BCUT2D eigenvalue weighted by Crippen LogP contribution is 2.23. The van der Waals surface area contributed by atoms with E-state index in [0.29, 0.717) is 5.92 Å². The molecule has 0 atom stereocenters. The number of carbonyl (C=O) groups is 1. The van der Waals surface area contributed by atoms with E-state index in [4.69, 9.17) is 0 Å². The minimum Gasteiger partial charge on any atom is -0.321 e. The van der Waals surface area contributed by atoms with Crippen molar-refractivity contribution in [3.05, 3.63) is 69.7 Å². The molecule has 2 rings (SSSR count). The van der Waals surface area contributed by atoms with E-state index in [1.165, 1.54) is 5.56 Å². The van der Waals surface area contributed by atoms with Crippen LogP contribution in [0.15, 0.2) is 53.0 Å². The maximum atomic E-state index is 12.0. The lowest BCUT2D eigenvalue weighted by atomic mass is 10.0. The van der Waals surface area contributed by atoms with Crippen molar-refractivity contribution >= 4 is 33.6 Å². The van der Waals surface area contributed by atoms with Crippen LogP contribution in [0.3, 0.4) is 0 Å². The SMILES string of the molecule is Cc1ccc(NC(=O)C=Cc2ccc(C(C)C)cc2)c(Br)c1. The number of hydrogen-bond acceptors (Lipinski definition) is 1. The van der Waals surface area contributed by atoms with Gasteiger partial charge in [-0.3, -0.25) is 4.79 Å². The second kappa shape index (κ2) is 7.41. The molecule has 3 heteroatoms. The van der Waals surface area contributed by atoms with Crippen molar-refractivity contribution in [2.45, 2.75) is 26.7 Å². The average Bonchev–Trinajstić information content (AvgIpc) is 2.48. The van der Waals surface area contributed by atoms with Gasteiger partial charge in [0.15, 0.2) is 0 Å². The van der Waals surface area contributed by atoms with Gasteiger partial charge in [0.05, 0.1) is 5.69 Å². The van der Waals surface area contributed by atoms with E-state index in [2.05, 4.69) is 47.2 Å². The van der Waals surface area contributed by atoms with Gasteiger partial charge in [0.1, 0.15) is 0 Å². The molecular weight excluding hydrogens is 338 g/mol. The maximum absolute atomic E-state index is 12.0. The Morgan fingerprint density at radius 3 is 2.41 bits per heavy atom. The number of halogens is 1. The zero-order valence-electron chi connectivity index (χ0n) is 13.1. The van der Waals surface area contributed by atoms with Crippen molar-refractivity contribution in [1.82, 2.24) is 0 Å². The number of rotatable bonds is 4. The molecule has 0 aliphatic heterocycles. The summed E-state index contributed by atoms with van der Waals surface area (Å²) in [7, 11) is 0. The van der Waals surface area contributed by atoms with Crippen LogP contribution >= 0.6 is 15.9 Å². The Labute approximate surface area is 140 Å². The molecule has 0 saturated heterocycles. The molecule has 1 amide bonds. The molecule has 0 spiro atoms. The fourth-order valence-corrected chi connectivity index (χ4v) is 2.65. The number of carbonyl (C=O) groups excluding carboxylic acids is 1. The lowest BCUT2D eigenvalue weighted by molar-refractivity contribution is -0.111. The smallest absolute Gasteiger partial charge is 0.248 e. The lowest BCUT2D eigenvalue weighted by Crippen LogP contribution is -2.08. The van der Waals surface area contributed by atoms with E-state index in [9.17, 15) is 4.79 Å². The molecule has 2 aromatic carbocycles. The third kappa shape index (κ3) is 4.57. The fourth-order valence-electron chi connectivity index (χ4n) is 2.06. The van der Waals surface area contributed by atoms with Crippen molar-refractivity contribution in [3.8, 4) is 0 Å². The quantitative estimate of drug-likeness (QED) is 0.715. The molecule has 2 aromatic rings. The first-order valence-electron chi connectivity index (χ1n) is 7.31. The van der Waals surface area contributed by atoms with Gasteiger partial charge in [-0.05, 0) is 63.7 Å². The van der Waals surface area contributed by atoms with Crippen LogP contribution in [-0.4, -0.2) is 5.91 Å². The van der Waals surface area contributed by atoms with Crippen LogP contribution in [0.1, 0.15) is 36.5 Å². The standard InChI is InChI=1S/C19H20BrNO/c1-13(2)16-8-5-15(6-9-16)7-11-19(22)21-18-10-4-14(3)12-17(18)20/h4-13H,1-3H3,(H,21,22). The molecule has 0 radical (unpaired) electrons. The van der Waals surface area contributed by atoms with Gasteiger partial charge in [0.25, 0.3) is 0 Å². The first-order chi connectivity index (χ1) is 10.5. The third-order valence-corrected chi connectivity index (χ3v) is 4.07. The molecule has 0 aromatic heterocycles. The van der Waals surface area contributed by atoms with Crippen molar-refractivity contribution in [3.63, 3.8) is 0 Å². The van der Waals surface area contributed by atoms with Gasteiger partial charge in [-0.2, -0.15) is 0 Å². The zero-order valence-corrected chi connectivity index (χ0v) is 14.6. The van der Waals surface area contributed by atoms with Gasteiger partial charge in [-0.15, -0.1) is 0 Å². The molecule has 2 nitrogen and oxygen atoms in total. The maximum Gasteiger partial charge on any atom is 0.248 e. The van der Waals surface area contributed by atoms with Crippen molar-refractivity contribution in [2.75, 3.05) is 5.32 Å². The highest BCUT2D eigenvalue weighted by molar-refractivity contribution is 9.10. The number of benzene rings is 2. The van der Waals surface area contributed by atoms with Gasteiger partial charge < -0.3 is 5.32 Å². The Morgan fingerprint density at radius 1 is 1.14 bits per heavy atom. The molecule has 0 bridgehead atoms. The topological polar surface area (TPSA) is 29.1 Å². The van der Waals surface area contributed by atoms with E-state index in [-0.39, 0.29) is 5.91 Å². The van der Waals surface area contributed by atoms with Crippen LogP contribution in [-0.2, 0) is 4.79 Å². The molecule has 22 heavy (non-hydrogen) atoms. The Kier molecular flexibility index (Phi) is 5.56. The van der Waals surface area contributed by atoms with Gasteiger partial charge in [0, 0.05) is 10.5 Å². The molecule has 0 fully saturated rings. The van der Waals surface area contributed by atoms with E-state index < -0.39 is 0 Å². The Bertz CT molecular complexity index is 687. The fraction of sp³-hybridized carbons (Fsp3) is 0.211. The van der Waals surface area contributed by atoms with Crippen molar-refractivity contribution in [2.24, 2.45) is 0 Å². The van der Waals surface area contributed by atoms with E-state index in [1.807, 2.05) is 43.3 Å². The number of aryl methyl sites for hydroxylation is 1. The summed E-state index contributed by atoms with van der Waals surface area (Å²) in [5, 5.41) is 2.86. The lowest BCUT2D eigenvalue weighted by Gasteiger charge is -2.06. The van der Waals surface area contributed by atoms with Crippen LogP contribution in [0.4, 0.5) is 5.69 Å². The van der Waals surface area contributed by atoms with Crippen LogP contribution in [0, 0.1) is 6.92 Å². The molecule has 0 aliphatic rings. The van der Waals surface area contributed by atoms with Crippen LogP contribution in [0.2, 0.25) is 0 Å². The van der Waals surface area contributed by atoms with E-state index >= 15 is 0 Å². The summed E-state index contributed by atoms with van der Waals surface area (Å²) in [5.41, 5.74) is 4.23. The molecule has 1 N–H and O–H groups in total. The zero-order chi connectivity index (χ0) is 16.1. The van der Waals surface area contributed by atoms with E-state index in [0.717, 1.165) is 21.3 Å². The summed E-state index contributed by atoms with van der Waals surface area (Å²) in [4.78, 5) is 12.0. The first kappa shape index (κ1) is 16.5. The summed E-state index contributed by atoms with van der Waals surface area (Å²) < 4.78 is 0.885. The number of nitrogens with one attached hydrogen (secondary N) is 1. The summed E-state index contributed by atoms with van der Waals surface area (Å²) in [5.74, 6) is 0.373. The molecule has 0 unspecified atom stereocenters.